The Morgan fingerprint density at radius 2 is 2.30 bits per heavy atom. The van der Waals surface area contributed by atoms with Crippen molar-refractivity contribution in [2.45, 2.75) is 39.2 Å². The van der Waals surface area contributed by atoms with E-state index in [0.717, 1.165) is 24.9 Å². The molecule has 0 aromatic heterocycles. The second-order valence-corrected chi connectivity index (χ2v) is 6.15. The van der Waals surface area contributed by atoms with Gasteiger partial charge >= 0.3 is 0 Å². The highest BCUT2D eigenvalue weighted by Gasteiger charge is 2.36. The Morgan fingerprint density at radius 1 is 1.50 bits per heavy atom. The van der Waals surface area contributed by atoms with Gasteiger partial charge in [0.25, 0.3) is 0 Å². The molecule has 0 aliphatic carbocycles. The molecule has 1 atom stereocenters. The van der Waals surface area contributed by atoms with Crippen LogP contribution in [0, 0.1) is 11.2 Å². The van der Waals surface area contributed by atoms with Gasteiger partial charge < -0.3 is 10.6 Å². The zero-order valence-corrected chi connectivity index (χ0v) is 12.2. The normalized spacial score (nSPS) is 21.4. The van der Waals surface area contributed by atoms with Crippen molar-refractivity contribution in [3.8, 4) is 0 Å². The van der Waals surface area contributed by atoms with Crippen molar-refractivity contribution < 1.29 is 9.18 Å². The van der Waals surface area contributed by atoms with Crippen LogP contribution < -0.4 is 10.6 Å². The number of carbonyl (C=O) groups excluding carboxylic acids is 1. The number of rotatable bonds is 4. The molecule has 110 valence electrons. The average molecular weight is 278 g/mol. The van der Waals surface area contributed by atoms with E-state index in [0.29, 0.717) is 13.0 Å². The molecule has 1 aromatic carbocycles. The van der Waals surface area contributed by atoms with E-state index >= 15 is 0 Å². The first kappa shape index (κ1) is 15.0. The van der Waals surface area contributed by atoms with Gasteiger partial charge in [0.2, 0.25) is 5.91 Å². The fourth-order valence-corrected chi connectivity index (χ4v) is 2.78. The Labute approximate surface area is 120 Å². The van der Waals surface area contributed by atoms with Gasteiger partial charge in [-0.3, -0.25) is 4.79 Å². The molecular formula is C16H23FN2O. The third-order valence-electron chi connectivity index (χ3n) is 3.99. The number of piperidine rings is 1. The molecule has 1 aromatic rings. The molecule has 2 rings (SSSR count). The SMILES string of the molecule is CC1(C)CCCNC1C(=O)NCCc1cccc(F)c1. The van der Waals surface area contributed by atoms with Crippen LogP contribution in [0.3, 0.4) is 0 Å². The predicted octanol–water partition coefficient (Wildman–Crippen LogP) is 2.26. The minimum Gasteiger partial charge on any atom is -0.354 e. The molecule has 0 spiro atoms. The van der Waals surface area contributed by atoms with E-state index in [-0.39, 0.29) is 23.2 Å². The second-order valence-electron chi connectivity index (χ2n) is 6.15. The number of halogens is 1. The van der Waals surface area contributed by atoms with Crippen LogP contribution >= 0.6 is 0 Å². The summed E-state index contributed by atoms with van der Waals surface area (Å²) in [7, 11) is 0. The topological polar surface area (TPSA) is 41.1 Å². The summed E-state index contributed by atoms with van der Waals surface area (Å²) in [6.45, 7) is 5.67. The Balaban J connectivity index is 1.83. The average Bonchev–Trinajstić information content (AvgIpc) is 2.38. The van der Waals surface area contributed by atoms with Crippen molar-refractivity contribution in [2.24, 2.45) is 5.41 Å². The van der Waals surface area contributed by atoms with Crippen LogP contribution in [0.4, 0.5) is 4.39 Å². The van der Waals surface area contributed by atoms with E-state index in [4.69, 9.17) is 0 Å². The number of hydrogen-bond acceptors (Lipinski definition) is 2. The number of benzene rings is 1. The summed E-state index contributed by atoms with van der Waals surface area (Å²) < 4.78 is 13.0. The van der Waals surface area contributed by atoms with Crippen molar-refractivity contribution in [3.05, 3.63) is 35.6 Å². The van der Waals surface area contributed by atoms with Gasteiger partial charge in [0.05, 0.1) is 6.04 Å². The third kappa shape index (κ3) is 3.79. The Morgan fingerprint density at radius 3 is 3.00 bits per heavy atom. The van der Waals surface area contributed by atoms with Crippen molar-refractivity contribution in [3.63, 3.8) is 0 Å². The van der Waals surface area contributed by atoms with Crippen molar-refractivity contribution in [1.29, 1.82) is 0 Å². The Hall–Kier alpha value is -1.42. The maximum Gasteiger partial charge on any atom is 0.237 e. The lowest BCUT2D eigenvalue weighted by molar-refractivity contribution is -0.126. The summed E-state index contributed by atoms with van der Waals surface area (Å²) in [6, 6.07) is 6.37. The molecule has 1 fully saturated rings. The van der Waals surface area contributed by atoms with Crippen molar-refractivity contribution in [2.75, 3.05) is 13.1 Å². The molecule has 1 aliphatic rings. The molecule has 0 radical (unpaired) electrons. The summed E-state index contributed by atoms with van der Waals surface area (Å²) in [5, 5.41) is 6.25. The van der Waals surface area contributed by atoms with E-state index < -0.39 is 0 Å². The molecule has 0 saturated carbocycles. The molecule has 2 N–H and O–H groups in total. The lowest BCUT2D eigenvalue weighted by Crippen LogP contribution is -2.55. The minimum absolute atomic E-state index is 0.0127. The number of nitrogens with one attached hydrogen (secondary N) is 2. The zero-order valence-electron chi connectivity index (χ0n) is 12.2. The Kier molecular flexibility index (Phi) is 4.76. The molecule has 1 unspecified atom stereocenters. The largest absolute Gasteiger partial charge is 0.354 e. The van der Waals surface area contributed by atoms with Crippen molar-refractivity contribution >= 4 is 5.91 Å². The fourth-order valence-electron chi connectivity index (χ4n) is 2.78. The predicted molar refractivity (Wildman–Crippen MR) is 77.9 cm³/mol. The summed E-state index contributed by atoms with van der Waals surface area (Å²) in [5.74, 6) is -0.185. The third-order valence-corrected chi connectivity index (χ3v) is 3.99. The fraction of sp³-hybridized carbons (Fsp3) is 0.562. The summed E-state index contributed by atoms with van der Waals surface area (Å²) in [6.07, 6.45) is 2.82. The van der Waals surface area contributed by atoms with Crippen LogP contribution in [0.25, 0.3) is 0 Å². The van der Waals surface area contributed by atoms with Gasteiger partial charge in [0.1, 0.15) is 5.82 Å². The lowest BCUT2D eigenvalue weighted by atomic mass is 9.77. The highest BCUT2D eigenvalue weighted by atomic mass is 19.1. The summed E-state index contributed by atoms with van der Waals surface area (Å²) in [4.78, 5) is 12.2. The number of amides is 1. The van der Waals surface area contributed by atoms with Gasteiger partial charge in [-0.15, -0.1) is 0 Å². The van der Waals surface area contributed by atoms with Crippen LogP contribution in [0.5, 0.6) is 0 Å². The Bertz CT molecular complexity index is 473. The van der Waals surface area contributed by atoms with E-state index in [1.54, 1.807) is 6.07 Å². The van der Waals surface area contributed by atoms with Crippen LogP contribution in [0.2, 0.25) is 0 Å². The van der Waals surface area contributed by atoms with Crippen LogP contribution in [-0.2, 0) is 11.2 Å². The van der Waals surface area contributed by atoms with Gasteiger partial charge in [-0.05, 0) is 48.9 Å². The first-order valence-corrected chi connectivity index (χ1v) is 7.24. The quantitative estimate of drug-likeness (QED) is 0.887. The van der Waals surface area contributed by atoms with Gasteiger partial charge in [-0.1, -0.05) is 26.0 Å². The van der Waals surface area contributed by atoms with Gasteiger partial charge in [0, 0.05) is 6.54 Å². The molecule has 1 aliphatic heterocycles. The number of hydrogen-bond donors (Lipinski definition) is 2. The molecule has 1 amide bonds. The molecule has 1 heterocycles. The molecule has 20 heavy (non-hydrogen) atoms. The van der Waals surface area contributed by atoms with Gasteiger partial charge in [-0.2, -0.15) is 0 Å². The maximum atomic E-state index is 13.0. The highest BCUT2D eigenvalue weighted by molar-refractivity contribution is 5.82. The van der Waals surface area contributed by atoms with E-state index in [9.17, 15) is 9.18 Å². The smallest absolute Gasteiger partial charge is 0.237 e. The first-order valence-electron chi connectivity index (χ1n) is 7.24. The molecule has 4 heteroatoms. The van der Waals surface area contributed by atoms with Crippen molar-refractivity contribution in [1.82, 2.24) is 10.6 Å². The first-order chi connectivity index (χ1) is 9.49. The summed E-state index contributed by atoms with van der Waals surface area (Å²) >= 11 is 0. The monoisotopic (exact) mass is 278 g/mol. The number of carbonyl (C=O) groups is 1. The maximum absolute atomic E-state index is 13.0. The van der Waals surface area contributed by atoms with Crippen LogP contribution in [0.15, 0.2) is 24.3 Å². The molecule has 1 saturated heterocycles. The lowest BCUT2D eigenvalue weighted by Gasteiger charge is -2.38. The van der Waals surface area contributed by atoms with Gasteiger partial charge in [0.15, 0.2) is 0 Å². The second kappa shape index (κ2) is 6.35. The highest BCUT2D eigenvalue weighted by Crippen LogP contribution is 2.30. The minimum atomic E-state index is -0.232. The molecule has 3 nitrogen and oxygen atoms in total. The van der Waals surface area contributed by atoms with E-state index in [1.807, 2.05) is 6.07 Å². The standard InChI is InChI=1S/C16H23FN2O/c1-16(2)8-4-9-18-14(16)15(20)19-10-7-12-5-3-6-13(17)11-12/h3,5-6,11,14,18H,4,7-10H2,1-2H3,(H,19,20). The van der Waals surface area contributed by atoms with E-state index in [1.165, 1.54) is 12.1 Å². The van der Waals surface area contributed by atoms with Crippen LogP contribution in [-0.4, -0.2) is 25.0 Å². The van der Waals surface area contributed by atoms with Crippen LogP contribution in [0.1, 0.15) is 32.3 Å². The van der Waals surface area contributed by atoms with Gasteiger partial charge in [-0.25, -0.2) is 4.39 Å². The van der Waals surface area contributed by atoms with E-state index in [2.05, 4.69) is 24.5 Å². The zero-order chi connectivity index (χ0) is 14.6. The molecule has 0 bridgehead atoms. The summed E-state index contributed by atoms with van der Waals surface area (Å²) in [5.41, 5.74) is 0.891. The molecular weight excluding hydrogens is 255 g/mol.